The van der Waals surface area contributed by atoms with Crippen LogP contribution >= 0.6 is 0 Å². The van der Waals surface area contributed by atoms with Crippen molar-refractivity contribution < 1.29 is 9.59 Å². The van der Waals surface area contributed by atoms with Gasteiger partial charge in [0.2, 0.25) is 0 Å². The van der Waals surface area contributed by atoms with Crippen LogP contribution in [0.2, 0.25) is 0 Å². The van der Waals surface area contributed by atoms with E-state index in [1.54, 1.807) is 12.1 Å². The maximum atomic E-state index is 13.1. The van der Waals surface area contributed by atoms with E-state index in [1.165, 1.54) is 11.1 Å². The Morgan fingerprint density at radius 3 is 2.32 bits per heavy atom. The summed E-state index contributed by atoms with van der Waals surface area (Å²) in [6.45, 7) is 2.73. The highest BCUT2D eigenvalue weighted by molar-refractivity contribution is 5.95. The molecule has 0 fully saturated rings. The van der Waals surface area contributed by atoms with Gasteiger partial charge in [0.1, 0.15) is 0 Å². The number of fused-ring (bicyclic) bond motifs is 1. The molecule has 0 aliphatic carbocycles. The van der Waals surface area contributed by atoms with Gasteiger partial charge in [0.25, 0.3) is 5.91 Å². The molecule has 31 heavy (non-hydrogen) atoms. The van der Waals surface area contributed by atoms with Gasteiger partial charge in [-0.2, -0.15) is 0 Å². The second kappa shape index (κ2) is 9.47. The highest BCUT2D eigenvalue weighted by Gasteiger charge is 2.33. The van der Waals surface area contributed by atoms with E-state index in [9.17, 15) is 9.59 Å². The number of carbonyl (C=O) groups excluding carboxylic acids is 2. The maximum Gasteiger partial charge on any atom is 0.322 e. The summed E-state index contributed by atoms with van der Waals surface area (Å²) in [4.78, 5) is 27.2. The van der Waals surface area contributed by atoms with Crippen LogP contribution in [0, 0.1) is 6.92 Å². The van der Waals surface area contributed by atoms with Gasteiger partial charge in [-0.25, -0.2) is 4.79 Å². The van der Waals surface area contributed by atoms with E-state index in [0.29, 0.717) is 18.7 Å². The van der Waals surface area contributed by atoms with E-state index in [1.807, 2.05) is 60.4 Å². The summed E-state index contributed by atoms with van der Waals surface area (Å²) in [7, 11) is 0. The van der Waals surface area contributed by atoms with Gasteiger partial charge in [0.15, 0.2) is 0 Å². The zero-order valence-corrected chi connectivity index (χ0v) is 17.7. The summed E-state index contributed by atoms with van der Waals surface area (Å²) in [6.07, 6.45) is 1.63. The van der Waals surface area contributed by atoms with Crippen LogP contribution in [-0.4, -0.2) is 31.1 Å². The van der Waals surface area contributed by atoms with Crippen LogP contribution in [-0.2, 0) is 12.8 Å². The van der Waals surface area contributed by atoms with E-state index in [-0.39, 0.29) is 18.0 Å². The lowest BCUT2D eigenvalue weighted by atomic mass is 10.0. The van der Waals surface area contributed by atoms with E-state index < -0.39 is 0 Å². The fourth-order valence-corrected chi connectivity index (χ4v) is 4.02. The molecule has 2 N–H and O–H groups in total. The Morgan fingerprint density at radius 1 is 0.871 bits per heavy atom. The van der Waals surface area contributed by atoms with Crippen LogP contribution in [0.5, 0.6) is 0 Å². The number of aryl methyl sites for hydroxylation is 1. The van der Waals surface area contributed by atoms with E-state index >= 15 is 0 Å². The van der Waals surface area contributed by atoms with Gasteiger partial charge in [-0.3, -0.25) is 9.69 Å². The number of hydrogen-bond donors (Lipinski definition) is 2. The van der Waals surface area contributed by atoms with Gasteiger partial charge in [0.05, 0.1) is 0 Å². The van der Waals surface area contributed by atoms with Crippen molar-refractivity contribution in [3.8, 4) is 0 Å². The largest absolute Gasteiger partial charge is 0.350 e. The molecular weight excluding hydrogens is 386 g/mol. The van der Waals surface area contributed by atoms with E-state index in [4.69, 9.17) is 0 Å². The third kappa shape index (κ3) is 4.94. The molecule has 0 saturated carbocycles. The third-order valence-corrected chi connectivity index (χ3v) is 5.61. The van der Waals surface area contributed by atoms with Crippen molar-refractivity contribution in [3.63, 3.8) is 0 Å². The zero-order valence-electron chi connectivity index (χ0n) is 17.7. The van der Waals surface area contributed by atoms with Gasteiger partial charge in [0, 0.05) is 30.4 Å². The topological polar surface area (TPSA) is 61.4 Å². The van der Waals surface area contributed by atoms with Crippen molar-refractivity contribution in [2.45, 2.75) is 25.8 Å². The number of amides is 3. The number of anilines is 1. The normalized spacial score (nSPS) is 14.7. The van der Waals surface area contributed by atoms with Crippen molar-refractivity contribution in [1.82, 2.24) is 10.6 Å². The Morgan fingerprint density at radius 2 is 1.55 bits per heavy atom. The summed E-state index contributed by atoms with van der Waals surface area (Å²) in [6, 6.07) is 25.7. The van der Waals surface area contributed by atoms with Crippen LogP contribution in [0.3, 0.4) is 0 Å². The Hall–Kier alpha value is -3.60. The van der Waals surface area contributed by atoms with Gasteiger partial charge >= 0.3 is 6.03 Å². The highest BCUT2D eigenvalue weighted by atomic mass is 16.2. The van der Waals surface area contributed by atoms with Crippen LogP contribution in [0.1, 0.15) is 27.0 Å². The van der Waals surface area contributed by atoms with Gasteiger partial charge in [-0.1, -0.05) is 66.2 Å². The lowest BCUT2D eigenvalue weighted by Crippen LogP contribution is -2.47. The molecule has 3 aromatic carbocycles. The monoisotopic (exact) mass is 413 g/mol. The minimum Gasteiger partial charge on any atom is -0.350 e. The Labute approximate surface area is 183 Å². The van der Waals surface area contributed by atoms with Crippen LogP contribution in [0.15, 0.2) is 78.9 Å². The van der Waals surface area contributed by atoms with E-state index in [2.05, 4.69) is 28.8 Å². The summed E-state index contributed by atoms with van der Waals surface area (Å²) >= 11 is 0. The number of benzene rings is 3. The standard InChI is InChI=1S/C26H27N3O2/c1-19-11-13-21(14-12-19)25(30)27-15-16-28-26(31)29-23(17-20-7-3-2-4-8-20)18-22-9-5-6-10-24(22)29/h2-14,23H,15-18H2,1H3,(H,27,30)(H,28,31). The van der Waals surface area contributed by atoms with Gasteiger partial charge < -0.3 is 10.6 Å². The molecule has 4 rings (SSSR count). The Bertz CT molecular complexity index is 1050. The Balaban J connectivity index is 1.36. The number of para-hydroxylation sites is 1. The molecule has 1 heterocycles. The molecule has 158 valence electrons. The first-order valence-corrected chi connectivity index (χ1v) is 10.7. The predicted octanol–water partition coefficient (Wildman–Crippen LogP) is 4.11. The highest BCUT2D eigenvalue weighted by Crippen LogP contribution is 2.33. The van der Waals surface area contributed by atoms with Crippen molar-refractivity contribution >= 4 is 17.6 Å². The molecule has 0 saturated heterocycles. The van der Waals surface area contributed by atoms with E-state index in [0.717, 1.165) is 24.1 Å². The average molecular weight is 414 g/mol. The molecule has 3 aromatic rings. The second-order valence-electron chi connectivity index (χ2n) is 7.90. The SMILES string of the molecule is Cc1ccc(C(=O)NCCNC(=O)N2c3ccccc3CC2Cc2ccccc2)cc1. The first-order valence-electron chi connectivity index (χ1n) is 10.7. The molecule has 1 atom stereocenters. The predicted molar refractivity (Wildman–Crippen MR) is 123 cm³/mol. The van der Waals surface area contributed by atoms with Crippen molar-refractivity contribution in [1.29, 1.82) is 0 Å². The molecule has 3 amide bonds. The van der Waals surface area contributed by atoms with Crippen molar-refractivity contribution in [2.24, 2.45) is 0 Å². The molecule has 0 radical (unpaired) electrons. The lowest BCUT2D eigenvalue weighted by Gasteiger charge is -2.26. The molecular formula is C26H27N3O2. The van der Waals surface area contributed by atoms with Crippen LogP contribution in [0.4, 0.5) is 10.5 Å². The van der Waals surface area contributed by atoms with Crippen LogP contribution in [0.25, 0.3) is 0 Å². The molecule has 0 spiro atoms. The molecule has 5 nitrogen and oxygen atoms in total. The number of nitrogens with one attached hydrogen (secondary N) is 2. The lowest BCUT2D eigenvalue weighted by molar-refractivity contribution is 0.0954. The fourth-order valence-electron chi connectivity index (χ4n) is 4.02. The summed E-state index contributed by atoms with van der Waals surface area (Å²) < 4.78 is 0. The third-order valence-electron chi connectivity index (χ3n) is 5.61. The summed E-state index contributed by atoms with van der Waals surface area (Å²) in [5.74, 6) is -0.136. The summed E-state index contributed by atoms with van der Waals surface area (Å²) in [5, 5.41) is 5.83. The number of urea groups is 1. The molecule has 0 aromatic heterocycles. The van der Waals surface area contributed by atoms with Crippen molar-refractivity contribution in [2.75, 3.05) is 18.0 Å². The molecule has 1 unspecified atom stereocenters. The zero-order chi connectivity index (χ0) is 21.6. The van der Waals surface area contributed by atoms with Crippen LogP contribution < -0.4 is 15.5 Å². The molecule has 5 heteroatoms. The number of hydrogen-bond acceptors (Lipinski definition) is 2. The second-order valence-corrected chi connectivity index (χ2v) is 7.90. The summed E-state index contributed by atoms with van der Waals surface area (Å²) in [5.41, 5.74) is 5.09. The molecule has 0 bridgehead atoms. The average Bonchev–Trinajstić information content (AvgIpc) is 3.15. The quantitative estimate of drug-likeness (QED) is 0.598. The van der Waals surface area contributed by atoms with Crippen molar-refractivity contribution in [3.05, 3.63) is 101 Å². The Kier molecular flexibility index (Phi) is 6.32. The van der Waals surface area contributed by atoms with Gasteiger partial charge in [-0.15, -0.1) is 0 Å². The smallest absolute Gasteiger partial charge is 0.322 e. The number of rotatable bonds is 6. The first-order chi connectivity index (χ1) is 15.1. The first kappa shape index (κ1) is 20.7. The fraction of sp³-hybridized carbons (Fsp3) is 0.231. The number of carbonyl (C=O) groups is 2. The minimum atomic E-state index is -0.136. The number of nitrogens with zero attached hydrogens (tertiary/aromatic N) is 1. The molecule has 1 aliphatic rings. The van der Waals surface area contributed by atoms with Gasteiger partial charge in [-0.05, 0) is 49.1 Å². The maximum absolute atomic E-state index is 13.1. The molecule has 1 aliphatic heterocycles. The minimum absolute atomic E-state index is 0.0712.